The number of benzene rings is 1. The Morgan fingerprint density at radius 3 is 2.42 bits per heavy atom. The van der Waals surface area contributed by atoms with E-state index in [1.54, 1.807) is 24.5 Å². The first-order valence-electron chi connectivity index (χ1n) is 9.90. The van der Waals surface area contributed by atoms with Gasteiger partial charge in [-0.2, -0.15) is 4.31 Å². The molecule has 2 saturated heterocycles. The third-order valence-corrected chi connectivity index (χ3v) is 7.77. The number of hydrogen-bond acceptors (Lipinski definition) is 7. The first-order chi connectivity index (χ1) is 14.9. The van der Waals surface area contributed by atoms with Gasteiger partial charge in [-0.1, -0.05) is 11.6 Å². The van der Waals surface area contributed by atoms with Crippen LogP contribution in [0.15, 0.2) is 41.6 Å². The fourth-order valence-corrected chi connectivity index (χ4v) is 5.35. The molecule has 1 aromatic carbocycles. The van der Waals surface area contributed by atoms with E-state index in [0.717, 1.165) is 13.1 Å². The molecule has 166 valence electrons. The molecule has 9 nitrogen and oxygen atoms in total. The number of ether oxygens (including phenoxy) is 1. The topological polar surface area (TPSA) is 90.9 Å². The third kappa shape index (κ3) is 5.07. The summed E-state index contributed by atoms with van der Waals surface area (Å²) in [4.78, 5) is 12.9. The maximum Gasteiger partial charge on any atom is 0.243 e. The van der Waals surface area contributed by atoms with Gasteiger partial charge in [-0.25, -0.2) is 18.4 Å². The predicted molar refractivity (Wildman–Crippen MR) is 123 cm³/mol. The Balaban J connectivity index is 1.42. The number of thiocarbonyl (C=S) groups is 1. The quantitative estimate of drug-likeness (QED) is 0.653. The summed E-state index contributed by atoms with van der Waals surface area (Å²) in [5.74, 6) is 0.699. The molecule has 0 unspecified atom stereocenters. The van der Waals surface area contributed by atoms with E-state index in [-0.39, 0.29) is 4.90 Å². The highest BCUT2D eigenvalue weighted by molar-refractivity contribution is 7.89. The van der Waals surface area contributed by atoms with Gasteiger partial charge in [0.1, 0.15) is 0 Å². The molecule has 0 saturated carbocycles. The van der Waals surface area contributed by atoms with E-state index in [1.807, 2.05) is 4.90 Å². The van der Waals surface area contributed by atoms with Gasteiger partial charge in [-0.3, -0.25) is 0 Å². The van der Waals surface area contributed by atoms with Crippen molar-refractivity contribution in [3.05, 3.63) is 41.7 Å². The number of rotatable bonds is 4. The minimum absolute atomic E-state index is 0.176. The number of sulfonamides is 1. The summed E-state index contributed by atoms with van der Waals surface area (Å²) in [6.07, 6.45) is 3.45. The molecule has 0 amide bonds. The molecule has 2 aliphatic heterocycles. The molecule has 2 fully saturated rings. The molecule has 0 atom stereocenters. The average Bonchev–Trinajstić information content (AvgIpc) is 2.81. The molecule has 0 bridgehead atoms. The lowest BCUT2D eigenvalue weighted by molar-refractivity contribution is 0.0730. The summed E-state index contributed by atoms with van der Waals surface area (Å²) < 4.78 is 32.6. The summed E-state index contributed by atoms with van der Waals surface area (Å²) in [5, 5.41) is 4.02. The SMILES string of the molecule is O=S(=O)(c1ccc(Cl)c(NC(=S)N2CCN(c3ncccn3)CC2)c1)N1CCOCC1. The van der Waals surface area contributed by atoms with Crippen LogP contribution in [0.1, 0.15) is 0 Å². The van der Waals surface area contributed by atoms with Crippen LogP contribution in [0, 0.1) is 0 Å². The van der Waals surface area contributed by atoms with Gasteiger partial charge < -0.3 is 19.9 Å². The number of nitrogens with zero attached hydrogens (tertiary/aromatic N) is 5. The summed E-state index contributed by atoms with van der Waals surface area (Å²) in [6, 6.07) is 6.41. The van der Waals surface area contributed by atoms with Crippen LogP contribution in [0.25, 0.3) is 0 Å². The van der Waals surface area contributed by atoms with Crippen LogP contribution in [-0.4, -0.2) is 85.2 Å². The predicted octanol–water partition coefficient (Wildman–Crippen LogP) is 1.67. The molecule has 1 N–H and O–H groups in total. The first-order valence-corrected chi connectivity index (χ1v) is 12.1. The van der Waals surface area contributed by atoms with Crippen molar-refractivity contribution in [2.24, 2.45) is 0 Å². The van der Waals surface area contributed by atoms with E-state index in [4.69, 9.17) is 28.6 Å². The Morgan fingerprint density at radius 2 is 1.74 bits per heavy atom. The van der Waals surface area contributed by atoms with Crippen molar-refractivity contribution in [1.29, 1.82) is 0 Å². The van der Waals surface area contributed by atoms with Gasteiger partial charge in [-0.05, 0) is 36.5 Å². The van der Waals surface area contributed by atoms with Gasteiger partial charge >= 0.3 is 0 Å². The van der Waals surface area contributed by atoms with E-state index in [9.17, 15) is 8.42 Å². The zero-order valence-corrected chi connectivity index (χ0v) is 19.2. The fraction of sp³-hybridized carbons (Fsp3) is 0.421. The smallest absolute Gasteiger partial charge is 0.243 e. The molecule has 2 aliphatic rings. The van der Waals surface area contributed by atoms with Crippen LogP contribution >= 0.6 is 23.8 Å². The van der Waals surface area contributed by atoms with E-state index >= 15 is 0 Å². The van der Waals surface area contributed by atoms with Gasteiger partial charge in [0.05, 0.1) is 28.8 Å². The Kier molecular flexibility index (Phi) is 6.87. The summed E-state index contributed by atoms with van der Waals surface area (Å²) in [6.45, 7) is 4.28. The number of halogens is 1. The highest BCUT2D eigenvalue weighted by atomic mass is 35.5. The van der Waals surface area contributed by atoms with E-state index in [1.165, 1.54) is 16.4 Å². The van der Waals surface area contributed by atoms with Crippen LogP contribution in [0.3, 0.4) is 0 Å². The second kappa shape index (κ2) is 9.61. The Labute approximate surface area is 192 Å². The number of morpholine rings is 1. The van der Waals surface area contributed by atoms with E-state index in [0.29, 0.717) is 61.2 Å². The van der Waals surface area contributed by atoms with Crippen LogP contribution in [0.2, 0.25) is 5.02 Å². The lowest BCUT2D eigenvalue weighted by atomic mass is 10.3. The van der Waals surface area contributed by atoms with Crippen molar-refractivity contribution < 1.29 is 13.2 Å². The highest BCUT2D eigenvalue weighted by Crippen LogP contribution is 2.28. The second-order valence-electron chi connectivity index (χ2n) is 7.11. The van der Waals surface area contributed by atoms with Gasteiger partial charge in [0, 0.05) is 51.7 Å². The van der Waals surface area contributed by atoms with Gasteiger partial charge in [0.2, 0.25) is 16.0 Å². The normalized spacial score (nSPS) is 18.1. The summed E-state index contributed by atoms with van der Waals surface area (Å²) >= 11 is 11.9. The number of nitrogens with one attached hydrogen (secondary N) is 1. The lowest BCUT2D eigenvalue weighted by Gasteiger charge is -2.36. The number of anilines is 2. The third-order valence-electron chi connectivity index (χ3n) is 5.19. The zero-order chi connectivity index (χ0) is 21.8. The molecular weight excluding hydrogens is 460 g/mol. The van der Waals surface area contributed by atoms with Gasteiger partial charge in [0.15, 0.2) is 5.11 Å². The molecule has 0 spiro atoms. The minimum atomic E-state index is -3.62. The number of aromatic nitrogens is 2. The van der Waals surface area contributed by atoms with Crippen LogP contribution < -0.4 is 10.2 Å². The van der Waals surface area contributed by atoms with Gasteiger partial charge in [0.25, 0.3) is 0 Å². The summed E-state index contributed by atoms with van der Waals surface area (Å²) in [7, 11) is -3.62. The van der Waals surface area contributed by atoms with Crippen molar-refractivity contribution in [2.75, 3.05) is 62.7 Å². The van der Waals surface area contributed by atoms with Crippen molar-refractivity contribution >= 4 is 50.6 Å². The molecular formula is C19H23ClN6O3S2. The van der Waals surface area contributed by atoms with Crippen LogP contribution in [-0.2, 0) is 14.8 Å². The summed E-state index contributed by atoms with van der Waals surface area (Å²) in [5.41, 5.74) is 0.467. The fourth-order valence-electron chi connectivity index (χ4n) is 3.45. The van der Waals surface area contributed by atoms with E-state index < -0.39 is 10.0 Å². The Morgan fingerprint density at radius 1 is 1.06 bits per heavy atom. The average molecular weight is 483 g/mol. The Hall–Kier alpha value is -2.05. The van der Waals surface area contributed by atoms with Crippen LogP contribution in [0.4, 0.5) is 11.6 Å². The number of piperazine rings is 1. The molecule has 0 aliphatic carbocycles. The molecule has 1 aromatic heterocycles. The molecule has 3 heterocycles. The van der Waals surface area contributed by atoms with Crippen LogP contribution in [0.5, 0.6) is 0 Å². The van der Waals surface area contributed by atoms with Crippen molar-refractivity contribution in [2.45, 2.75) is 4.90 Å². The van der Waals surface area contributed by atoms with Crippen molar-refractivity contribution in [3.63, 3.8) is 0 Å². The first kappa shape index (κ1) is 22.2. The maximum absolute atomic E-state index is 12.9. The monoisotopic (exact) mass is 482 g/mol. The van der Waals surface area contributed by atoms with Gasteiger partial charge in [-0.15, -0.1) is 0 Å². The lowest BCUT2D eigenvalue weighted by Crippen LogP contribution is -2.50. The number of hydrogen-bond donors (Lipinski definition) is 1. The molecule has 31 heavy (non-hydrogen) atoms. The maximum atomic E-state index is 12.9. The van der Waals surface area contributed by atoms with E-state index in [2.05, 4.69) is 20.2 Å². The molecule has 0 radical (unpaired) electrons. The van der Waals surface area contributed by atoms with Crippen molar-refractivity contribution in [3.8, 4) is 0 Å². The molecule has 2 aromatic rings. The minimum Gasteiger partial charge on any atom is -0.379 e. The second-order valence-corrected chi connectivity index (χ2v) is 9.84. The Bertz CT molecular complexity index is 1030. The largest absolute Gasteiger partial charge is 0.379 e. The standard InChI is InChI=1S/C19H23ClN6O3S2/c20-16-3-2-15(31(27,28)26-10-12-29-13-11-26)14-17(16)23-19(30)25-8-6-24(7-9-25)18-21-4-1-5-22-18/h1-5,14H,6-13H2,(H,23,30). The zero-order valence-electron chi connectivity index (χ0n) is 16.8. The highest BCUT2D eigenvalue weighted by Gasteiger charge is 2.27. The van der Waals surface area contributed by atoms with Crippen molar-refractivity contribution in [1.82, 2.24) is 19.2 Å². The molecule has 4 rings (SSSR count). The molecule has 12 heteroatoms.